The van der Waals surface area contributed by atoms with Crippen molar-refractivity contribution >= 4 is 11.6 Å². The zero-order chi connectivity index (χ0) is 15.6. The van der Waals surface area contributed by atoms with E-state index in [0.29, 0.717) is 6.04 Å². The maximum absolute atomic E-state index is 12.9. The number of aromatic hydroxyl groups is 1. The Morgan fingerprint density at radius 2 is 2.14 bits per heavy atom. The van der Waals surface area contributed by atoms with E-state index in [2.05, 4.69) is 4.90 Å². The van der Waals surface area contributed by atoms with Gasteiger partial charge in [-0.1, -0.05) is 0 Å². The summed E-state index contributed by atoms with van der Waals surface area (Å²) in [6.45, 7) is 0. The fourth-order valence-corrected chi connectivity index (χ4v) is 4.45. The van der Waals surface area contributed by atoms with Gasteiger partial charge in [-0.2, -0.15) is 0 Å². The van der Waals surface area contributed by atoms with Crippen LogP contribution in [0.1, 0.15) is 30.7 Å². The van der Waals surface area contributed by atoms with Crippen molar-refractivity contribution in [3.05, 3.63) is 23.8 Å². The van der Waals surface area contributed by atoms with Gasteiger partial charge in [-0.25, -0.2) is 0 Å². The fraction of sp³-hybridized carbons (Fsp3) is 0.588. The molecule has 5 heteroatoms. The standard InChI is InChI=1S/C17H23N3O2/c1-19(9-3-4-9)17(22)12-8-13(18)15-11-7-10(21)5-6-14(11)20(2)16(12)15/h5-7,9,12-13,15-16,21H,3-4,8,18H2,1-2H3. The van der Waals surface area contributed by atoms with E-state index in [1.54, 1.807) is 6.07 Å². The van der Waals surface area contributed by atoms with Crippen LogP contribution in [0.25, 0.3) is 0 Å². The predicted octanol–water partition coefficient (Wildman–Crippen LogP) is 1.26. The average Bonchev–Trinajstić information content (AvgIpc) is 3.22. The monoisotopic (exact) mass is 301 g/mol. The van der Waals surface area contributed by atoms with Crippen LogP contribution in [0, 0.1) is 5.92 Å². The molecule has 0 saturated heterocycles. The number of fused-ring (bicyclic) bond motifs is 3. The minimum absolute atomic E-state index is 0.0305. The summed E-state index contributed by atoms with van der Waals surface area (Å²) < 4.78 is 0. The van der Waals surface area contributed by atoms with E-state index < -0.39 is 0 Å². The Morgan fingerprint density at radius 3 is 2.82 bits per heavy atom. The van der Waals surface area contributed by atoms with Crippen molar-refractivity contribution in [2.45, 2.75) is 43.3 Å². The van der Waals surface area contributed by atoms with E-state index in [4.69, 9.17) is 5.73 Å². The molecular weight excluding hydrogens is 278 g/mol. The fourth-order valence-electron chi connectivity index (χ4n) is 4.45. The third kappa shape index (κ3) is 1.85. The zero-order valence-corrected chi connectivity index (χ0v) is 13.1. The summed E-state index contributed by atoms with van der Waals surface area (Å²) in [6.07, 6.45) is 2.97. The molecule has 118 valence electrons. The Morgan fingerprint density at radius 1 is 1.41 bits per heavy atom. The van der Waals surface area contributed by atoms with E-state index in [-0.39, 0.29) is 35.6 Å². The Bertz CT molecular complexity index is 628. The molecular formula is C17H23N3O2. The number of anilines is 1. The maximum Gasteiger partial charge on any atom is 0.227 e. The number of phenolic OH excluding ortho intramolecular Hbond substituents is 1. The van der Waals surface area contributed by atoms with Crippen LogP contribution in [-0.2, 0) is 4.79 Å². The summed E-state index contributed by atoms with van der Waals surface area (Å²) in [5.74, 6) is 0.581. The highest BCUT2D eigenvalue weighted by Gasteiger charge is 2.53. The van der Waals surface area contributed by atoms with Gasteiger partial charge in [-0.3, -0.25) is 4.79 Å². The molecule has 0 aromatic heterocycles. The number of rotatable bonds is 2. The van der Waals surface area contributed by atoms with E-state index in [1.165, 1.54) is 0 Å². The average molecular weight is 301 g/mol. The lowest BCUT2D eigenvalue weighted by molar-refractivity contribution is -0.134. The number of nitrogens with two attached hydrogens (primary N) is 1. The van der Waals surface area contributed by atoms with Gasteiger partial charge in [0.1, 0.15) is 5.75 Å². The lowest BCUT2D eigenvalue weighted by atomic mass is 9.92. The first-order valence-electron chi connectivity index (χ1n) is 8.07. The number of hydrogen-bond acceptors (Lipinski definition) is 4. The van der Waals surface area contributed by atoms with Gasteiger partial charge >= 0.3 is 0 Å². The maximum atomic E-state index is 12.9. The lowest BCUT2D eigenvalue weighted by Crippen LogP contribution is -2.43. The predicted molar refractivity (Wildman–Crippen MR) is 84.9 cm³/mol. The van der Waals surface area contributed by atoms with Crippen LogP contribution in [0.5, 0.6) is 5.75 Å². The third-order valence-corrected chi connectivity index (χ3v) is 5.72. The Hall–Kier alpha value is -1.75. The molecule has 2 saturated carbocycles. The molecule has 4 rings (SSSR count). The molecule has 2 aliphatic carbocycles. The Balaban J connectivity index is 1.68. The summed E-state index contributed by atoms with van der Waals surface area (Å²) in [5, 5.41) is 9.80. The van der Waals surface area contributed by atoms with Crippen molar-refractivity contribution in [2.75, 3.05) is 19.0 Å². The van der Waals surface area contributed by atoms with Gasteiger partial charge < -0.3 is 20.6 Å². The SMILES string of the molecule is CN(C(=O)C1CC(N)C2c3cc(O)ccc3N(C)C12)C1CC1. The van der Waals surface area contributed by atoms with Crippen LogP contribution in [0.15, 0.2) is 18.2 Å². The molecule has 22 heavy (non-hydrogen) atoms. The molecule has 1 aliphatic heterocycles. The molecule has 1 aromatic carbocycles. The third-order valence-electron chi connectivity index (χ3n) is 5.72. The summed E-state index contributed by atoms with van der Waals surface area (Å²) in [7, 11) is 3.96. The minimum atomic E-state index is -0.0508. The molecule has 4 unspecified atom stereocenters. The molecule has 0 bridgehead atoms. The van der Waals surface area contributed by atoms with Gasteiger partial charge in [-0.15, -0.1) is 0 Å². The Kier molecular flexibility index (Phi) is 2.92. The number of carbonyl (C=O) groups is 1. The summed E-state index contributed by atoms with van der Waals surface area (Å²) >= 11 is 0. The summed E-state index contributed by atoms with van der Waals surface area (Å²) in [5.41, 5.74) is 8.57. The second-order valence-corrected chi connectivity index (χ2v) is 7.06. The number of phenols is 1. The molecule has 2 fully saturated rings. The second kappa shape index (κ2) is 4.62. The summed E-state index contributed by atoms with van der Waals surface area (Å²) in [4.78, 5) is 17.0. The smallest absolute Gasteiger partial charge is 0.227 e. The lowest BCUT2D eigenvalue weighted by Gasteiger charge is -2.30. The molecule has 1 amide bonds. The molecule has 1 heterocycles. The van der Waals surface area contributed by atoms with Crippen LogP contribution in [-0.4, -0.2) is 48.1 Å². The molecule has 0 radical (unpaired) electrons. The number of nitrogens with zero attached hydrogens (tertiary/aromatic N) is 2. The van der Waals surface area contributed by atoms with Gasteiger partial charge in [0.05, 0.1) is 5.92 Å². The van der Waals surface area contributed by atoms with Crippen LogP contribution in [0.2, 0.25) is 0 Å². The van der Waals surface area contributed by atoms with Gasteiger partial charge in [0.15, 0.2) is 0 Å². The van der Waals surface area contributed by atoms with Crippen molar-refractivity contribution in [1.82, 2.24) is 4.90 Å². The highest BCUT2D eigenvalue weighted by Crippen LogP contribution is 2.51. The van der Waals surface area contributed by atoms with Crippen LogP contribution >= 0.6 is 0 Å². The zero-order valence-electron chi connectivity index (χ0n) is 13.1. The topological polar surface area (TPSA) is 69.8 Å². The normalized spacial score (nSPS) is 32.8. The van der Waals surface area contributed by atoms with Crippen LogP contribution in [0.4, 0.5) is 5.69 Å². The van der Waals surface area contributed by atoms with Gasteiger partial charge in [0.25, 0.3) is 0 Å². The molecule has 3 N–H and O–H groups in total. The number of amides is 1. The van der Waals surface area contributed by atoms with Gasteiger partial charge in [0.2, 0.25) is 5.91 Å². The first-order chi connectivity index (χ1) is 10.5. The van der Waals surface area contributed by atoms with Gasteiger partial charge in [-0.05, 0) is 43.0 Å². The number of benzene rings is 1. The first-order valence-corrected chi connectivity index (χ1v) is 8.07. The highest BCUT2D eigenvalue weighted by molar-refractivity contribution is 5.83. The van der Waals surface area contributed by atoms with Crippen molar-refractivity contribution in [3.8, 4) is 5.75 Å². The van der Waals surface area contributed by atoms with E-state index in [9.17, 15) is 9.90 Å². The van der Waals surface area contributed by atoms with E-state index in [0.717, 1.165) is 30.5 Å². The van der Waals surface area contributed by atoms with Crippen LogP contribution < -0.4 is 10.6 Å². The molecule has 1 aromatic rings. The first kappa shape index (κ1) is 13.9. The van der Waals surface area contributed by atoms with Crippen molar-refractivity contribution in [3.63, 3.8) is 0 Å². The highest BCUT2D eigenvalue weighted by atomic mass is 16.3. The Labute approximate surface area is 130 Å². The van der Waals surface area contributed by atoms with Crippen molar-refractivity contribution in [2.24, 2.45) is 11.7 Å². The van der Waals surface area contributed by atoms with Gasteiger partial charge in [0, 0.05) is 43.8 Å². The largest absolute Gasteiger partial charge is 0.508 e. The molecule has 5 nitrogen and oxygen atoms in total. The number of carbonyl (C=O) groups excluding carboxylic acids is 1. The molecule has 3 aliphatic rings. The van der Waals surface area contributed by atoms with E-state index >= 15 is 0 Å². The van der Waals surface area contributed by atoms with E-state index in [1.807, 2.05) is 31.1 Å². The van der Waals surface area contributed by atoms with Crippen LogP contribution in [0.3, 0.4) is 0 Å². The number of likely N-dealkylation sites (N-methyl/N-ethyl adjacent to an activating group) is 1. The minimum Gasteiger partial charge on any atom is -0.508 e. The quantitative estimate of drug-likeness (QED) is 0.863. The van der Waals surface area contributed by atoms with Crippen molar-refractivity contribution in [1.29, 1.82) is 0 Å². The summed E-state index contributed by atoms with van der Waals surface area (Å²) in [6, 6.07) is 5.96. The second-order valence-electron chi connectivity index (χ2n) is 7.06. The molecule has 0 spiro atoms. The number of hydrogen-bond donors (Lipinski definition) is 2. The molecule has 4 atom stereocenters. The van der Waals surface area contributed by atoms with Crippen molar-refractivity contribution < 1.29 is 9.90 Å².